The highest BCUT2D eigenvalue weighted by Crippen LogP contribution is 2.25. The van der Waals surface area contributed by atoms with Crippen molar-refractivity contribution < 1.29 is 4.79 Å². The third kappa shape index (κ3) is 2.37. The van der Waals surface area contributed by atoms with Gasteiger partial charge < -0.3 is 10.6 Å². The van der Waals surface area contributed by atoms with Crippen LogP contribution in [0, 0.1) is 0 Å². The first-order chi connectivity index (χ1) is 9.65. The lowest BCUT2D eigenvalue weighted by Gasteiger charge is -2.29. The van der Waals surface area contributed by atoms with Gasteiger partial charge in [0.25, 0.3) is 5.91 Å². The minimum absolute atomic E-state index is 0.00130. The molecule has 1 aliphatic heterocycles. The van der Waals surface area contributed by atoms with Crippen molar-refractivity contribution in [3.8, 4) is 0 Å². The molecule has 20 heavy (non-hydrogen) atoms. The lowest BCUT2D eigenvalue weighted by atomic mass is 9.97. The van der Waals surface area contributed by atoms with Crippen molar-refractivity contribution in [2.24, 2.45) is 0 Å². The Labute approximate surface area is 123 Å². The van der Waals surface area contributed by atoms with E-state index < -0.39 is 0 Å². The summed E-state index contributed by atoms with van der Waals surface area (Å²) in [6.07, 6.45) is 0.840. The summed E-state index contributed by atoms with van der Waals surface area (Å²) in [4.78, 5) is 14.3. The fourth-order valence-corrected chi connectivity index (χ4v) is 2.77. The average Bonchev–Trinajstić information content (AvgIpc) is 2.47. The molecule has 0 bridgehead atoms. The van der Waals surface area contributed by atoms with Crippen LogP contribution >= 0.6 is 11.6 Å². The van der Waals surface area contributed by atoms with Gasteiger partial charge in [0.05, 0.1) is 0 Å². The van der Waals surface area contributed by atoms with Crippen molar-refractivity contribution in [1.82, 2.24) is 4.90 Å². The normalized spacial score (nSPS) is 13.9. The van der Waals surface area contributed by atoms with Crippen LogP contribution in [0.3, 0.4) is 0 Å². The van der Waals surface area contributed by atoms with E-state index in [4.69, 9.17) is 17.3 Å². The zero-order valence-corrected chi connectivity index (χ0v) is 11.7. The van der Waals surface area contributed by atoms with Crippen molar-refractivity contribution >= 4 is 23.2 Å². The molecular weight excluding hydrogens is 272 g/mol. The zero-order valence-electron chi connectivity index (χ0n) is 11.0. The number of nitrogens with two attached hydrogens (primary N) is 1. The lowest BCUT2D eigenvalue weighted by Crippen LogP contribution is -2.36. The number of hydrogen-bond donors (Lipinski definition) is 1. The van der Waals surface area contributed by atoms with Crippen LogP contribution in [0.5, 0.6) is 0 Å². The highest BCUT2D eigenvalue weighted by molar-refractivity contribution is 6.30. The van der Waals surface area contributed by atoms with Crippen LogP contribution < -0.4 is 5.73 Å². The predicted molar refractivity (Wildman–Crippen MR) is 80.8 cm³/mol. The molecule has 3 nitrogen and oxygen atoms in total. The molecule has 0 fully saturated rings. The second kappa shape index (κ2) is 5.17. The Kier molecular flexibility index (Phi) is 3.36. The number of carbonyl (C=O) groups excluding carboxylic acids is 1. The van der Waals surface area contributed by atoms with Crippen LogP contribution in [0.2, 0.25) is 5.02 Å². The van der Waals surface area contributed by atoms with E-state index in [0.717, 1.165) is 17.7 Å². The second-order valence-electron chi connectivity index (χ2n) is 4.97. The molecule has 3 rings (SSSR count). The van der Waals surface area contributed by atoms with Gasteiger partial charge in [-0.3, -0.25) is 4.79 Å². The fourth-order valence-electron chi connectivity index (χ4n) is 2.58. The first-order valence-corrected chi connectivity index (χ1v) is 6.94. The van der Waals surface area contributed by atoms with E-state index in [9.17, 15) is 4.79 Å². The quantitative estimate of drug-likeness (QED) is 0.819. The van der Waals surface area contributed by atoms with E-state index in [1.54, 1.807) is 24.3 Å². The third-order valence-electron chi connectivity index (χ3n) is 3.67. The molecular formula is C16H15ClN2O. The summed E-state index contributed by atoms with van der Waals surface area (Å²) in [7, 11) is 0. The highest BCUT2D eigenvalue weighted by atomic mass is 35.5. The summed E-state index contributed by atoms with van der Waals surface area (Å²) in [6.45, 7) is 1.27. The Morgan fingerprint density at radius 2 is 2.00 bits per heavy atom. The number of anilines is 1. The second-order valence-corrected chi connectivity index (χ2v) is 5.41. The average molecular weight is 287 g/mol. The minimum atomic E-state index is 0.00130. The van der Waals surface area contributed by atoms with Gasteiger partial charge in [-0.05, 0) is 41.8 Å². The topological polar surface area (TPSA) is 46.3 Å². The standard InChI is InChI=1S/C16H15ClN2O/c17-13-5-1-4-12(9-13)16(20)19-8-7-11-3-2-6-15(18)14(11)10-19/h1-6,9H,7-8,10,18H2. The molecule has 2 aromatic rings. The maximum Gasteiger partial charge on any atom is 0.254 e. The van der Waals surface area contributed by atoms with Crippen molar-refractivity contribution in [2.45, 2.75) is 13.0 Å². The Bertz CT molecular complexity index is 669. The maximum absolute atomic E-state index is 12.5. The molecule has 1 aliphatic rings. The molecule has 0 radical (unpaired) electrons. The van der Waals surface area contributed by atoms with Gasteiger partial charge in [0.2, 0.25) is 0 Å². The van der Waals surface area contributed by atoms with Gasteiger partial charge in [-0.2, -0.15) is 0 Å². The van der Waals surface area contributed by atoms with Gasteiger partial charge >= 0.3 is 0 Å². The van der Waals surface area contributed by atoms with E-state index in [-0.39, 0.29) is 5.91 Å². The van der Waals surface area contributed by atoms with Crippen LogP contribution in [0.4, 0.5) is 5.69 Å². The largest absolute Gasteiger partial charge is 0.398 e. The van der Waals surface area contributed by atoms with Gasteiger partial charge in [0.15, 0.2) is 0 Å². The summed E-state index contributed by atoms with van der Waals surface area (Å²) < 4.78 is 0. The molecule has 1 amide bonds. The summed E-state index contributed by atoms with van der Waals surface area (Å²) in [6, 6.07) is 13.0. The number of hydrogen-bond acceptors (Lipinski definition) is 2. The van der Waals surface area contributed by atoms with Gasteiger partial charge in [-0.15, -0.1) is 0 Å². The molecule has 1 heterocycles. The molecule has 2 N–H and O–H groups in total. The van der Waals surface area contributed by atoms with Crippen molar-refractivity contribution in [3.05, 3.63) is 64.2 Å². The zero-order chi connectivity index (χ0) is 14.1. The third-order valence-corrected chi connectivity index (χ3v) is 3.90. The number of fused-ring (bicyclic) bond motifs is 1. The number of carbonyl (C=O) groups is 1. The Morgan fingerprint density at radius 3 is 2.80 bits per heavy atom. The van der Waals surface area contributed by atoms with Gasteiger partial charge in [-0.1, -0.05) is 29.8 Å². The predicted octanol–water partition coefficient (Wildman–Crippen LogP) is 3.12. The Morgan fingerprint density at radius 1 is 1.20 bits per heavy atom. The molecule has 2 aromatic carbocycles. The summed E-state index contributed by atoms with van der Waals surface area (Å²) in [5.41, 5.74) is 9.68. The fraction of sp³-hybridized carbons (Fsp3) is 0.188. The molecule has 0 saturated carbocycles. The number of rotatable bonds is 1. The van der Waals surface area contributed by atoms with Crippen molar-refractivity contribution in [2.75, 3.05) is 12.3 Å². The SMILES string of the molecule is Nc1cccc2c1CN(C(=O)c1cccc(Cl)c1)CC2. The van der Waals surface area contributed by atoms with E-state index in [2.05, 4.69) is 6.07 Å². The number of nitrogen functional groups attached to an aromatic ring is 1. The maximum atomic E-state index is 12.5. The van der Waals surface area contributed by atoms with E-state index in [1.165, 1.54) is 5.56 Å². The van der Waals surface area contributed by atoms with Crippen LogP contribution in [0.25, 0.3) is 0 Å². The lowest BCUT2D eigenvalue weighted by molar-refractivity contribution is 0.0735. The summed E-state index contributed by atoms with van der Waals surface area (Å²) in [5.74, 6) is 0.00130. The molecule has 4 heteroatoms. The molecule has 0 unspecified atom stereocenters. The monoisotopic (exact) mass is 286 g/mol. The first-order valence-electron chi connectivity index (χ1n) is 6.56. The highest BCUT2D eigenvalue weighted by Gasteiger charge is 2.23. The minimum Gasteiger partial charge on any atom is -0.398 e. The molecule has 0 saturated heterocycles. The van der Waals surface area contributed by atoms with E-state index in [0.29, 0.717) is 23.7 Å². The molecule has 102 valence electrons. The molecule has 0 spiro atoms. The summed E-state index contributed by atoms with van der Waals surface area (Å²) >= 11 is 5.94. The van der Waals surface area contributed by atoms with Crippen molar-refractivity contribution in [3.63, 3.8) is 0 Å². The Balaban J connectivity index is 1.87. The van der Waals surface area contributed by atoms with E-state index in [1.807, 2.05) is 17.0 Å². The molecule has 0 atom stereocenters. The first kappa shape index (κ1) is 13.0. The summed E-state index contributed by atoms with van der Waals surface area (Å²) in [5, 5.41) is 0.577. The van der Waals surface area contributed by atoms with Gasteiger partial charge in [0.1, 0.15) is 0 Å². The van der Waals surface area contributed by atoms with Crippen LogP contribution in [0.1, 0.15) is 21.5 Å². The van der Waals surface area contributed by atoms with Crippen LogP contribution in [0.15, 0.2) is 42.5 Å². The van der Waals surface area contributed by atoms with E-state index >= 15 is 0 Å². The molecule has 0 aromatic heterocycles. The number of nitrogens with zero attached hydrogens (tertiary/aromatic N) is 1. The van der Waals surface area contributed by atoms with Crippen molar-refractivity contribution in [1.29, 1.82) is 0 Å². The molecule has 0 aliphatic carbocycles. The smallest absolute Gasteiger partial charge is 0.254 e. The van der Waals surface area contributed by atoms with Gasteiger partial charge in [0, 0.05) is 29.4 Å². The number of amides is 1. The van der Waals surface area contributed by atoms with Gasteiger partial charge in [-0.25, -0.2) is 0 Å². The Hall–Kier alpha value is -2.00. The van der Waals surface area contributed by atoms with Crippen LogP contribution in [-0.4, -0.2) is 17.4 Å². The number of halogens is 1. The van der Waals surface area contributed by atoms with Crippen LogP contribution in [-0.2, 0) is 13.0 Å². The number of benzene rings is 2.